The van der Waals surface area contributed by atoms with Gasteiger partial charge in [0, 0.05) is 19.6 Å². The molecule has 0 radical (unpaired) electrons. The number of amides is 2. The highest BCUT2D eigenvalue weighted by Crippen LogP contribution is 2.10. The maximum atomic E-state index is 11.7. The molecule has 1 saturated heterocycles. The van der Waals surface area contributed by atoms with Crippen molar-refractivity contribution in [3.63, 3.8) is 0 Å². The third kappa shape index (κ3) is 4.08. The van der Waals surface area contributed by atoms with E-state index >= 15 is 0 Å². The van der Waals surface area contributed by atoms with Gasteiger partial charge in [0.25, 0.3) is 0 Å². The van der Waals surface area contributed by atoms with Crippen LogP contribution >= 0.6 is 0 Å². The lowest BCUT2D eigenvalue weighted by Gasteiger charge is -2.35. The fraction of sp³-hybridized carbons (Fsp3) is 0.909. The number of unbranched alkanes of at least 4 members (excludes halogenated alkanes) is 1. The summed E-state index contributed by atoms with van der Waals surface area (Å²) in [4.78, 5) is 13.6. The summed E-state index contributed by atoms with van der Waals surface area (Å²) in [6.45, 7) is 8.29. The van der Waals surface area contributed by atoms with Crippen molar-refractivity contribution in [3.8, 4) is 0 Å². The highest BCUT2D eigenvalue weighted by Gasteiger charge is 2.25. The van der Waals surface area contributed by atoms with Gasteiger partial charge in [0.05, 0.1) is 12.2 Å². The van der Waals surface area contributed by atoms with Gasteiger partial charge in [-0.05, 0) is 20.3 Å². The average molecular weight is 214 g/mol. The van der Waals surface area contributed by atoms with Gasteiger partial charge in [0.2, 0.25) is 0 Å². The van der Waals surface area contributed by atoms with Crippen LogP contribution in [0.25, 0.3) is 0 Å². The Hall–Kier alpha value is -0.770. The molecule has 1 aliphatic heterocycles. The number of morpholine rings is 1. The lowest BCUT2D eigenvalue weighted by molar-refractivity contribution is -0.0545. The minimum atomic E-state index is 0.0467. The fourth-order valence-electron chi connectivity index (χ4n) is 1.83. The summed E-state index contributed by atoms with van der Waals surface area (Å²) >= 11 is 0. The van der Waals surface area contributed by atoms with Gasteiger partial charge >= 0.3 is 6.03 Å². The molecule has 2 atom stereocenters. The second-order valence-corrected chi connectivity index (χ2v) is 4.25. The molecular formula is C11H22N2O2. The monoisotopic (exact) mass is 214 g/mol. The molecule has 4 heteroatoms. The zero-order valence-corrected chi connectivity index (χ0v) is 9.95. The van der Waals surface area contributed by atoms with E-state index in [0.717, 1.165) is 19.4 Å². The number of carbonyl (C=O) groups is 1. The topological polar surface area (TPSA) is 41.6 Å². The van der Waals surface area contributed by atoms with E-state index in [9.17, 15) is 4.79 Å². The van der Waals surface area contributed by atoms with Gasteiger partial charge in [-0.2, -0.15) is 0 Å². The van der Waals surface area contributed by atoms with E-state index in [1.165, 1.54) is 0 Å². The Kier molecular flexibility index (Phi) is 4.88. The van der Waals surface area contributed by atoms with E-state index in [0.29, 0.717) is 13.1 Å². The van der Waals surface area contributed by atoms with Crippen molar-refractivity contribution in [1.82, 2.24) is 10.2 Å². The molecule has 0 spiro atoms. The van der Waals surface area contributed by atoms with E-state index in [2.05, 4.69) is 12.2 Å². The first-order valence-electron chi connectivity index (χ1n) is 5.81. The van der Waals surface area contributed by atoms with Crippen LogP contribution in [0.15, 0.2) is 0 Å². The Morgan fingerprint density at radius 1 is 1.40 bits per heavy atom. The highest BCUT2D eigenvalue weighted by atomic mass is 16.5. The maximum Gasteiger partial charge on any atom is 0.317 e. The Labute approximate surface area is 92.0 Å². The normalized spacial score (nSPS) is 26.5. The second kappa shape index (κ2) is 5.95. The van der Waals surface area contributed by atoms with E-state index in [-0.39, 0.29) is 18.2 Å². The summed E-state index contributed by atoms with van der Waals surface area (Å²) in [5.41, 5.74) is 0. The van der Waals surface area contributed by atoms with Crippen LogP contribution in [0.1, 0.15) is 33.6 Å². The largest absolute Gasteiger partial charge is 0.372 e. The lowest BCUT2D eigenvalue weighted by Crippen LogP contribution is -2.51. The van der Waals surface area contributed by atoms with Gasteiger partial charge in [-0.1, -0.05) is 13.3 Å². The van der Waals surface area contributed by atoms with Crippen LogP contribution < -0.4 is 5.32 Å². The van der Waals surface area contributed by atoms with E-state index in [4.69, 9.17) is 4.74 Å². The first kappa shape index (κ1) is 12.3. The van der Waals surface area contributed by atoms with Crippen LogP contribution in [0.2, 0.25) is 0 Å². The summed E-state index contributed by atoms with van der Waals surface area (Å²) in [6.07, 6.45) is 2.44. The molecule has 15 heavy (non-hydrogen) atoms. The van der Waals surface area contributed by atoms with Crippen molar-refractivity contribution in [2.45, 2.75) is 45.8 Å². The van der Waals surface area contributed by atoms with Crippen LogP contribution in [0.4, 0.5) is 4.79 Å². The SMILES string of the molecule is CCCCNC(=O)N1C[C@H](C)O[C@@H](C)C1. The number of carbonyl (C=O) groups excluding carboxylic acids is 1. The number of urea groups is 1. The Morgan fingerprint density at radius 3 is 2.53 bits per heavy atom. The predicted molar refractivity (Wildman–Crippen MR) is 59.9 cm³/mol. The molecular weight excluding hydrogens is 192 g/mol. The molecule has 1 fully saturated rings. The van der Waals surface area contributed by atoms with Crippen LogP contribution in [-0.2, 0) is 4.74 Å². The molecule has 1 aliphatic rings. The van der Waals surface area contributed by atoms with Crippen LogP contribution in [-0.4, -0.2) is 42.8 Å². The van der Waals surface area contributed by atoms with Crippen molar-refractivity contribution >= 4 is 6.03 Å². The van der Waals surface area contributed by atoms with E-state index < -0.39 is 0 Å². The van der Waals surface area contributed by atoms with Crippen LogP contribution in [0.5, 0.6) is 0 Å². The smallest absolute Gasteiger partial charge is 0.317 e. The molecule has 2 amide bonds. The molecule has 0 unspecified atom stereocenters. The molecule has 1 rings (SSSR count). The molecule has 4 nitrogen and oxygen atoms in total. The number of hydrogen-bond donors (Lipinski definition) is 1. The second-order valence-electron chi connectivity index (χ2n) is 4.25. The third-order valence-electron chi connectivity index (χ3n) is 2.51. The predicted octanol–water partition coefficient (Wildman–Crippen LogP) is 1.61. The summed E-state index contributed by atoms with van der Waals surface area (Å²) in [5, 5.41) is 2.93. The Bertz CT molecular complexity index is 199. The number of hydrogen-bond acceptors (Lipinski definition) is 2. The zero-order valence-electron chi connectivity index (χ0n) is 9.95. The minimum Gasteiger partial charge on any atom is -0.372 e. The van der Waals surface area contributed by atoms with Crippen LogP contribution in [0, 0.1) is 0 Å². The van der Waals surface area contributed by atoms with Crippen LogP contribution in [0.3, 0.4) is 0 Å². The highest BCUT2D eigenvalue weighted by molar-refractivity contribution is 5.74. The number of nitrogens with one attached hydrogen (secondary N) is 1. The van der Waals surface area contributed by atoms with E-state index in [1.54, 1.807) is 0 Å². The molecule has 0 aromatic heterocycles. The summed E-state index contributed by atoms with van der Waals surface area (Å²) < 4.78 is 5.57. The lowest BCUT2D eigenvalue weighted by atomic mass is 10.2. The van der Waals surface area contributed by atoms with Gasteiger partial charge < -0.3 is 15.0 Å². The van der Waals surface area contributed by atoms with Crippen molar-refractivity contribution in [2.75, 3.05) is 19.6 Å². The Morgan fingerprint density at radius 2 is 2.00 bits per heavy atom. The molecule has 88 valence electrons. The molecule has 0 aromatic rings. The fourth-order valence-corrected chi connectivity index (χ4v) is 1.83. The first-order chi connectivity index (χ1) is 7.13. The average Bonchev–Trinajstić information content (AvgIpc) is 2.16. The van der Waals surface area contributed by atoms with Gasteiger partial charge in [-0.15, -0.1) is 0 Å². The van der Waals surface area contributed by atoms with Crippen molar-refractivity contribution in [1.29, 1.82) is 0 Å². The van der Waals surface area contributed by atoms with E-state index in [1.807, 2.05) is 18.7 Å². The third-order valence-corrected chi connectivity index (χ3v) is 2.51. The molecule has 1 heterocycles. The molecule has 1 N–H and O–H groups in total. The van der Waals surface area contributed by atoms with Gasteiger partial charge in [0.15, 0.2) is 0 Å². The van der Waals surface area contributed by atoms with Crippen molar-refractivity contribution in [3.05, 3.63) is 0 Å². The minimum absolute atomic E-state index is 0.0467. The maximum absolute atomic E-state index is 11.7. The van der Waals surface area contributed by atoms with Crippen molar-refractivity contribution < 1.29 is 9.53 Å². The quantitative estimate of drug-likeness (QED) is 0.725. The number of nitrogens with zero attached hydrogens (tertiary/aromatic N) is 1. The number of rotatable bonds is 3. The molecule has 0 aliphatic carbocycles. The molecule has 0 aromatic carbocycles. The van der Waals surface area contributed by atoms with Gasteiger partial charge in [0.1, 0.15) is 0 Å². The van der Waals surface area contributed by atoms with Crippen molar-refractivity contribution in [2.24, 2.45) is 0 Å². The Balaban J connectivity index is 2.31. The summed E-state index contributed by atoms with van der Waals surface area (Å²) in [5.74, 6) is 0. The zero-order chi connectivity index (χ0) is 11.3. The summed E-state index contributed by atoms with van der Waals surface area (Å²) in [6, 6.07) is 0.0467. The molecule has 0 saturated carbocycles. The first-order valence-corrected chi connectivity index (χ1v) is 5.81. The summed E-state index contributed by atoms with van der Waals surface area (Å²) in [7, 11) is 0. The number of ether oxygens (including phenoxy) is 1. The van der Waals surface area contributed by atoms with Gasteiger partial charge in [-0.25, -0.2) is 4.79 Å². The standard InChI is InChI=1S/C11H22N2O2/c1-4-5-6-12-11(14)13-7-9(2)15-10(3)8-13/h9-10H,4-8H2,1-3H3,(H,12,14)/t9-,10-/m0/s1. The van der Waals surface area contributed by atoms with Gasteiger partial charge in [-0.3, -0.25) is 0 Å². The molecule has 0 bridgehead atoms.